The lowest BCUT2D eigenvalue weighted by Crippen LogP contribution is -2.41. The Morgan fingerprint density at radius 1 is 1.23 bits per heavy atom. The van der Waals surface area contributed by atoms with Crippen LogP contribution in [0.25, 0.3) is 11.3 Å². The van der Waals surface area contributed by atoms with E-state index in [1.54, 1.807) is 32.0 Å². The van der Waals surface area contributed by atoms with Gasteiger partial charge in [0, 0.05) is 23.4 Å². The lowest BCUT2D eigenvalue weighted by atomic mass is 10.00. The van der Waals surface area contributed by atoms with Crippen LogP contribution in [0, 0.1) is 12.7 Å². The number of aromatic nitrogens is 1. The molecular weight excluding hydrogens is 385 g/mol. The number of benzene rings is 1. The molecule has 3 N–H and O–H groups in total. The summed E-state index contributed by atoms with van der Waals surface area (Å²) in [6.45, 7) is 5.35. The van der Waals surface area contributed by atoms with Crippen molar-refractivity contribution < 1.29 is 19.1 Å². The van der Waals surface area contributed by atoms with Crippen molar-refractivity contribution in [3.8, 4) is 11.3 Å². The summed E-state index contributed by atoms with van der Waals surface area (Å²) in [6, 6.07) is 5.90. The van der Waals surface area contributed by atoms with E-state index in [0.29, 0.717) is 28.8 Å². The zero-order chi connectivity index (χ0) is 21.8. The number of nitrogens with zero attached hydrogens (tertiary/aromatic N) is 1. The van der Waals surface area contributed by atoms with Crippen LogP contribution in [-0.4, -0.2) is 40.1 Å². The van der Waals surface area contributed by atoms with Crippen molar-refractivity contribution in [3.63, 3.8) is 0 Å². The van der Waals surface area contributed by atoms with E-state index in [-0.39, 0.29) is 29.5 Å². The Bertz CT molecular complexity index is 926. The van der Waals surface area contributed by atoms with Gasteiger partial charge in [0.15, 0.2) is 0 Å². The summed E-state index contributed by atoms with van der Waals surface area (Å²) in [5.74, 6) is -1.11. The first-order chi connectivity index (χ1) is 14.3. The second-order valence-electron chi connectivity index (χ2n) is 7.93. The molecule has 1 aromatic carbocycles. The van der Waals surface area contributed by atoms with Gasteiger partial charge in [-0.3, -0.25) is 14.6 Å². The monoisotopic (exact) mass is 413 g/mol. The van der Waals surface area contributed by atoms with Gasteiger partial charge in [-0.05, 0) is 62.9 Å². The van der Waals surface area contributed by atoms with Gasteiger partial charge in [-0.15, -0.1) is 0 Å². The van der Waals surface area contributed by atoms with Gasteiger partial charge in [0.2, 0.25) is 0 Å². The van der Waals surface area contributed by atoms with Crippen LogP contribution in [0.4, 0.5) is 4.39 Å². The summed E-state index contributed by atoms with van der Waals surface area (Å²) in [7, 11) is 0. The molecule has 6 nitrogen and oxygen atoms in total. The average molecular weight is 413 g/mol. The van der Waals surface area contributed by atoms with Gasteiger partial charge in [0.25, 0.3) is 11.8 Å². The van der Waals surface area contributed by atoms with Crippen molar-refractivity contribution in [2.75, 3.05) is 0 Å². The smallest absolute Gasteiger partial charge is 0.253 e. The van der Waals surface area contributed by atoms with Crippen LogP contribution in [0.2, 0.25) is 0 Å². The van der Waals surface area contributed by atoms with Crippen molar-refractivity contribution in [3.05, 3.63) is 53.0 Å². The maximum atomic E-state index is 14.4. The fourth-order valence-electron chi connectivity index (χ4n) is 3.19. The predicted molar refractivity (Wildman–Crippen MR) is 113 cm³/mol. The van der Waals surface area contributed by atoms with Crippen LogP contribution in [-0.2, 0) is 0 Å². The average Bonchev–Trinajstić information content (AvgIpc) is 3.54. The predicted octanol–water partition coefficient (Wildman–Crippen LogP) is 3.37. The molecule has 160 valence electrons. The zero-order valence-corrected chi connectivity index (χ0v) is 17.5. The fourth-order valence-corrected chi connectivity index (χ4v) is 3.19. The number of halogens is 1. The summed E-state index contributed by atoms with van der Waals surface area (Å²) in [4.78, 5) is 29.0. The fraction of sp³-hybridized carbons (Fsp3) is 0.435. The summed E-state index contributed by atoms with van der Waals surface area (Å²) < 4.78 is 14.4. The first kappa shape index (κ1) is 21.9. The normalized spacial score (nSPS) is 15.4. The van der Waals surface area contributed by atoms with E-state index in [0.717, 1.165) is 19.3 Å². The Labute approximate surface area is 175 Å². The van der Waals surface area contributed by atoms with E-state index in [1.807, 2.05) is 6.92 Å². The largest absolute Gasteiger partial charge is 0.391 e. The highest BCUT2D eigenvalue weighted by molar-refractivity contribution is 5.96. The molecule has 7 heteroatoms. The maximum absolute atomic E-state index is 14.4. The lowest BCUT2D eigenvalue weighted by molar-refractivity contribution is 0.0835. The summed E-state index contributed by atoms with van der Waals surface area (Å²) >= 11 is 0. The van der Waals surface area contributed by atoms with Crippen molar-refractivity contribution in [2.24, 2.45) is 0 Å². The molecule has 1 aliphatic carbocycles. The Kier molecular flexibility index (Phi) is 6.82. The Hall–Kier alpha value is -2.80. The highest BCUT2D eigenvalue weighted by atomic mass is 19.1. The number of pyridine rings is 1. The van der Waals surface area contributed by atoms with Crippen LogP contribution in [0.15, 0.2) is 30.5 Å². The molecule has 3 rings (SSSR count). The van der Waals surface area contributed by atoms with E-state index in [2.05, 4.69) is 15.6 Å². The molecule has 0 radical (unpaired) electrons. The van der Waals surface area contributed by atoms with Gasteiger partial charge in [0.05, 0.1) is 23.4 Å². The van der Waals surface area contributed by atoms with Gasteiger partial charge in [-0.1, -0.05) is 13.3 Å². The van der Waals surface area contributed by atoms with Gasteiger partial charge in [0.1, 0.15) is 5.82 Å². The summed E-state index contributed by atoms with van der Waals surface area (Å²) in [6.07, 6.45) is 4.14. The Morgan fingerprint density at radius 3 is 2.57 bits per heavy atom. The number of aliphatic hydroxyl groups is 1. The van der Waals surface area contributed by atoms with Crippen LogP contribution in [0.5, 0.6) is 0 Å². The van der Waals surface area contributed by atoms with Gasteiger partial charge >= 0.3 is 0 Å². The van der Waals surface area contributed by atoms with E-state index in [1.165, 1.54) is 12.3 Å². The van der Waals surface area contributed by atoms with E-state index in [4.69, 9.17) is 0 Å². The highest BCUT2D eigenvalue weighted by Gasteiger charge is 2.25. The number of rotatable bonds is 8. The second kappa shape index (κ2) is 9.34. The molecule has 2 amide bonds. The minimum atomic E-state index is -0.610. The number of carbonyl (C=O) groups excluding carboxylic acids is 2. The summed E-state index contributed by atoms with van der Waals surface area (Å²) in [5.41, 5.74) is 1.97. The molecule has 0 saturated heterocycles. The standard InChI is InChI=1S/C23H28FN3O3/c1-4-5-21(28)14(3)26-22(29)15-6-9-20(25-12-15)18-10-16(11-19(24)13(18)2)23(30)27-17-7-8-17/h6,9-12,14,17,21,28H,4-5,7-8H2,1-3H3,(H,26,29)(H,27,30). The first-order valence-electron chi connectivity index (χ1n) is 10.4. The van der Waals surface area contributed by atoms with Crippen LogP contribution in [0.3, 0.4) is 0 Å². The molecule has 30 heavy (non-hydrogen) atoms. The molecule has 1 fully saturated rings. The van der Waals surface area contributed by atoms with Crippen LogP contribution >= 0.6 is 0 Å². The van der Waals surface area contributed by atoms with E-state index < -0.39 is 11.9 Å². The van der Waals surface area contributed by atoms with Gasteiger partial charge < -0.3 is 15.7 Å². The van der Waals surface area contributed by atoms with E-state index >= 15 is 0 Å². The molecule has 0 bridgehead atoms. The second-order valence-corrected chi connectivity index (χ2v) is 7.93. The molecule has 0 aliphatic heterocycles. The SMILES string of the molecule is CCCC(O)C(C)NC(=O)c1ccc(-c2cc(C(=O)NC3CC3)cc(F)c2C)nc1. The molecule has 1 heterocycles. The minimum absolute atomic E-state index is 0.180. The molecule has 0 spiro atoms. The summed E-state index contributed by atoms with van der Waals surface area (Å²) in [5, 5.41) is 15.6. The first-order valence-corrected chi connectivity index (χ1v) is 10.4. The molecule has 2 unspecified atom stereocenters. The molecular formula is C23H28FN3O3. The third kappa shape index (κ3) is 5.21. The lowest BCUT2D eigenvalue weighted by Gasteiger charge is -2.19. The molecule has 1 aliphatic rings. The maximum Gasteiger partial charge on any atom is 0.253 e. The van der Waals surface area contributed by atoms with Crippen molar-refractivity contribution in [1.82, 2.24) is 15.6 Å². The quantitative estimate of drug-likeness (QED) is 0.619. The van der Waals surface area contributed by atoms with Crippen molar-refractivity contribution >= 4 is 11.8 Å². The van der Waals surface area contributed by atoms with E-state index in [9.17, 15) is 19.1 Å². The number of hydrogen-bond acceptors (Lipinski definition) is 4. The molecule has 2 atom stereocenters. The zero-order valence-electron chi connectivity index (χ0n) is 17.5. The molecule has 1 aromatic heterocycles. The molecule has 2 aromatic rings. The number of amides is 2. The topological polar surface area (TPSA) is 91.3 Å². The van der Waals surface area contributed by atoms with Crippen LogP contribution < -0.4 is 10.6 Å². The Morgan fingerprint density at radius 2 is 1.97 bits per heavy atom. The van der Waals surface area contributed by atoms with Crippen molar-refractivity contribution in [2.45, 2.75) is 64.6 Å². The Balaban J connectivity index is 1.77. The number of nitrogens with one attached hydrogen (secondary N) is 2. The minimum Gasteiger partial charge on any atom is -0.391 e. The highest BCUT2D eigenvalue weighted by Crippen LogP contribution is 2.26. The third-order valence-corrected chi connectivity index (χ3v) is 5.34. The number of hydrogen-bond donors (Lipinski definition) is 3. The number of carbonyl (C=O) groups is 2. The van der Waals surface area contributed by atoms with Gasteiger partial charge in [-0.2, -0.15) is 0 Å². The van der Waals surface area contributed by atoms with Crippen molar-refractivity contribution in [1.29, 1.82) is 0 Å². The molecule has 1 saturated carbocycles. The number of aliphatic hydroxyl groups excluding tert-OH is 1. The third-order valence-electron chi connectivity index (χ3n) is 5.34. The van der Waals surface area contributed by atoms with Crippen LogP contribution in [0.1, 0.15) is 65.8 Å². The van der Waals surface area contributed by atoms with Gasteiger partial charge in [-0.25, -0.2) is 4.39 Å².